The van der Waals surface area contributed by atoms with Crippen LogP contribution in [-0.2, 0) is 10.0 Å². The van der Waals surface area contributed by atoms with Crippen LogP contribution in [0.2, 0.25) is 5.02 Å². The van der Waals surface area contributed by atoms with Crippen molar-refractivity contribution >= 4 is 50.7 Å². The summed E-state index contributed by atoms with van der Waals surface area (Å²) in [4.78, 5) is 14.8. The van der Waals surface area contributed by atoms with E-state index in [1.54, 1.807) is 31.2 Å². The molecule has 0 radical (unpaired) electrons. The van der Waals surface area contributed by atoms with Gasteiger partial charge in [-0.25, -0.2) is 8.42 Å². The molecule has 0 atom stereocenters. The Hall–Kier alpha value is -3.26. The third-order valence-corrected chi connectivity index (χ3v) is 7.91. The lowest BCUT2D eigenvalue weighted by Crippen LogP contribution is -2.17. The maximum absolute atomic E-state index is 13.0. The molecule has 0 aliphatic rings. The van der Waals surface area contributed by atoms with Gasteiger partial charge >= 0.3 is 0 Å². The monoisotopic (exact) mass is 508 g/mol. The number of nitrogens with one attached hydrogen (secondary N) is 2. The molecule has 0 unspecified atom stereocenters. The molecule has 0 aliphatic heterocycles. The van der Waals surface area contributed by atoms with E-state index in [4.69, 9.17) is 11.6 Å². The second-order valence-electron chi connectivity index (χ2n) is 7.43. The second kappa shape index (κ2) is 10.3. The number of anilines is 2. The first-order valence-electron chi connectivity index (χ1n) is 10.3. The van der Waals surface area contributed by atoms with Crippen molar-refractivity contribution < 1.29 is 13.2 Å². The molecule has 172 valence electrons. The summed E-state index contributed by atoms with van der Waals surface area (Å²) in [6.07, 6.45) is 0. The van der Waals surface area contributed by atoms with E-state index in [0.29, 0.717) is 11.4 Å². The summed E-state index contributed by atoms with van der Waals surface area (Å²) in [6, 6.07) is 28.5. The Balaban J connectivity index is 1.59. The van der Waals surface area contributed by atoms with Crippen LogP contribution in [0, 0.1) is 6.92 Å². The SMILES string of the molecule is Cc1ccccc1NS(=O)(=O)c1cc(C(=O)Nc2ccccc2Sc2ccccc2)ccc1Cl. The molecule has 0 spiro atoms. The number of rotatable bonds is 7. The number of para-hydroxylation sites is 2. The molecule has 0 bridgehead atoms. The first-order valence-corrected chi connectivity index (χ1v) is 13.0. The van der Waals surface area contributed by atoms with Gasteiger partial charge in [-0.05, 0) is 61.0 Å². The number of amides is 1. The molecule has 8 heteroatoms. The fourth-order valence-corrected chi connectivity index (χ4v) is 5.79. The number of halogens is 1. The Bertz CT molecular complexity index is 1440. The Labute approximate surface area is 208 Å². The molecule has 5 nitrogen and oxygen atoms in total. The molecule has 0 aromatic heterocycles. The third kappa shape index (κ3) is 5.62. The van der Waals surface area contributed by atoms with Crippen LogP contribution in [0.1, 0.15) is 15.9 Å². The standard InChI is InChI=1S/C26H21ClN2O3S2/c1-18-9-5-6-12-22(18)29-34(31,32)25-17-19(15-16-21(25)27)26(30)28-23-13-7-8-14-24(23)33-20-10-3-2-4-11-20/h2-17,29H,1H3,(H,28,30). The quantitative estimate of drug-likeness (QED) is 0.286. The third-order valence-electron chi connectivity index (χ3n) is 4.98. The van der Waals surface area contributed by atoms with Crippen LogP contribution >= 0.6 is 23.4 Å². The lowest BCUT2D eigenvalue weighted by molar-refractivity contribution is 0.102. The van der Waals surface area contributed by atoms with Crippen LogP contribution in [0.15, 0.2) is 112 Å². The molecule has 4 rings (SSSR count). The Kier molecular flexibility index (Phi) is 7.26. The van der Waals surface area contributed by atoms with Gasteiger partial charge in [0.15, 0.2) is 0 Å². The molecular formula is C26H21ClN2O3S2. The summed E-state index contributed by atoms with van der Waals surface area (Å²) in [5.41, 5.74) is 2.01. The minimum atomic E-state index is -4.01. The summed E-state index contributed by atoms with van der Waals surface area (Å²) in [7, 11) is -4.01. The lowest BCUT2D eigenvalue weighted by Gasteiger charge is -2.14. The van der Waals surface area contributed by atoms with Crippen LogP contribution in [0.25, 0.3) is 0 Å². The van der Waals surface area contributed by atoms with Crippen LogP contribution < -0.4 is 10.0 Å². The number of carbonyl (C=O) groups excluding carboxylic acids is 1. The van der Waals surface area contributed by atoms with E-state index in [1.165, 1.54) is 30.0 Å². The van der Waals surface area contributed by atoms with E-state index in [-0.39, 0.29) is 15.5 Å². The average Bonchev–Trinajstić information content (AvgIpc) is 2.82. The van der Waals surface area contributed by atoms with Gasteiger partial charge in [0, 0.05) is 15.4 Å². The number of benzene rings is 4. The fourth-order valence-electron chi connectivity index (χ4n) is 3.21. The topological polar surface area (TPSA) is 75.3 Å². The van der Waals surface area contributed by atoms with Crippen molar-refractivity contribution in [1.29, 1.82) is 0 Å². The fraction of sp³-hybridized carbons (Fsp3) is 0.0385. The van der Waals surface area contributed by atoms with Gasteiger partial charge in [0.2, 0.25) is 0 Å². The van der Waals surface area contributed by atoms with Crippen molar-refractivity contribution in [2.75, 3.05) is 10.0 Å². The van der Waals surface area contributed by atoms with Crippen LogP contribution in [0.5, 0.6) is 0 Å². The predicted octanol–water partition coefficient (Wildman–Crippen LogP) is 6.85. The molecule has 1 amide bonds. The van der Waals surface area contributed by atoms with Gasteiger partial charge in [0.25, 0.3) is 15.9 Å². The minimum Gasteiger partial charge on any atom is -0.321 e. The molecule has 0 saturated carbocycles. The summed E-state index contributed by atoms with van der Waals surface area (Å²) < 4.78 is 28.6. The van der Waals surface area contributed by atoms with Crippen LogP contribution in [0.3, 0.4) is 0 Å². The zero-order valence-electron chi connectivity index (χ0n) is 18.2. The highest BCUT2D eigenvalue weighted by molar-refractivity contribution is 7.99. The van der Waals surface area contributed by atoms with E-state index < -0.39 is 15.9 Å². The summed E-state index contributed by atoms with van der Waals surface area (Å²) in [5.74, 6) is -0.440. The van der Waals surface area contributed by atoms with Gasteiger partial charge in [0.05, 0.1) is 16.4 Å². The van der Waals surface area contributed by atoms with Crippen molar-refractivity contribution in [3.63, 3.8) is 0 Å². The van der Waals surface area contributed by atoms with Gasteiger partial charge in [-0.2, -0.15) is 0 Å². The first-order chi connectivity index (χ1) is 16.3. The smallest absolute Gasteiger partial charge is 0.263 e. The van der Waals surface area contributed by atoms with Gasteiger partial charge < -0.3 is 5.32 Å². The van der Waals surface area contributed by atoms with E-state index in [2.05, 4.69) is 10.0 Å². The predicted molar refractivity (Wildman–Crippen MR) is 138 cm³/mol. The highest BCUT2D eigenvalue weighted by atomic mass is 35.5. The van der Waals surface area contributed by atoms with Crippen LogP contribution in [0.4, 0.5) is 11.4 Å². The summed E-state index contributed by atoms with van der Waals surface area (Å²) >= 11 is 7.74. The highest BCUT2D eigenvalue weighted by Gasteiger charge is 2.21. The number of carbonyl (C=O) groups is 1. The van der Waals surface area contributed by atoms with Crippen molar-refractivity contribution in [3.8, 4) is 0 Å². The zero-order valence-corrected chi connectivity index (χ0v) is 20.5. The van der Waals surface area contributed by atoms with E-state index in [1.807, 2.05) is 54.6 Å². The molecule has 2 N–H and O–H groups in total. The molecule has 34 heavy (non-hydrogen) atoms. The number of hydrogen-bond donors (Lipinski definition) is 2. The molecule has 4 aromatic rings. The molecule has 4 aromatic carbocycles. The largest absolute Gasteiger partial charge is 0.321 e. The zero-order chi connectivity index (χ0) is 24.1. The van der Waals surface area contributed by atoms with E-state index >= 15 is 0 Å². The van der Waals surface area contributed by atoms with E-state index in [0.717, 1.165) is 15.4 Å². The normalized spacial score (nSPS) is 11.1. The maximum atomic E-state index is 13.0. The second-order valence-corrected chi connectivity index (χ2v) is 10.6. The highest BCUT2D eigenvalue weighted by Crippen LogP contribution is 2.34. The number of sulfonamides is 1. The minimum absolute atomic E-state index is 0.0256. The Morgan fingerprint density at radius 2 is 1.47 bits per heavy atom. The van der Waals surface area contributed by atoms with Crippen molar-refractivity contribution in [2.45, 2.75) is 21.6 Å². The summed E-state index contributed by atoms with van der Waals surface area (Å²) in [6.45, 7) is 1.80. The van der Waals surface area contributed by atoms with Gasteiger partial charge in [-0.1, -0.05) is 71.9 Å². The van der Waals surface area contributed by atoms with Crippen LogP contribution in [-0.4, -0.2) is 14.3 Å². The number of aryl methyl sites for hydroxylation is 1. The number of hydrogen-bond acceptors (Lipinski definition) is 4. The van der Waals surface area contributed by atoms with Crippen molar-refractivity contribution in [3.05, 3.63) is 113 Å². The Morgan fingerprint density at radius 3 is 2.21 bits per heavy atom. The molecule has 0 saturated heterocycles. The van der Waals surface area contributed by atoms with Crippen molar-refractivity contribution in [1.82, 2.24) is 0 Å². The maximum Gasteiger partial charge on any atom is 0.263 e. The van der Waals surface area contributed by atoms with Gasteiger partial charge in [0.1, 0.15) is 4.90 Å². The van der Waals surface area contributed by atoms with Crippen molar-refractivity contribution in [2.24, 2.45) is 0 Å². The van der Waals surface area contributed by atoms with Gasteiger partial charge in [-0.3, -0.25) is 9.52 Å². The van der Waals surface area contributed by atoms with E-state index in [9.17, 15) is 13.2 Å². The first kappa shape index (κ1) is 23.9. The molecule has 0 aliphatic carbocycles. The molecule has 0 heterocycles. The average molecular weight is 509 g/mol. The molecular weight excluding hydrogens is 488 g/mol. The lowest BCUT2D eigenvalue weighted by atomic mass is 10.2. The van der Waals surface area contributed by atoms with Gasteiger partial charge in [-0.15, -0.1) is 0 Å². The Morgan fingerprint density at radius 1 is 0.824 bits per heavy atom. The molecule has 0 fully saturated rings. The summed E-state index contributed by atoms with van der Waals surface area (Å²) in [5, 5.41) is 2.91.